The topological polar surface area (TPSA) is 111 Å². The largest absolute Gasteiger partial charge is 0.467 e. The molecule has 18 heavy (non-hydrogen) atoms. The zero-order valence-corrected chi connectivity index (χ0v) is 10.3. The van der Waals surface area contributed by atoms with Gasteiger partial charge in [0.05, 0.1) is 20.3 Å². The summed E-state index contributed by atoms with van der Waals surface area (Å²) in [7, 11) is 1.25. The van der Waals surface area contributed by atoms with Crippen LogP contribution in [0.15, 0.2) is 0 Å². The standard InChI is InChI=1S/C10H17N3O5/c1-6(12-10(11)16)8(14)13-3-4-18-7(5-13)9(15)17-2/h6-7H,3-5H2,1-2H3,(H3,11,12,16). The van der Waals surface area contributed by atoms with Crippen LogP contribution in [0.25, 0.3) is 0 Å². The number of carbonyl (C=O) groups is 3. The summed E-state index contributed by atoms with van der Waals surface area (Å²) < 4.78 is 9.74. The third-order valence-corrected chi connectivity index (χ3v) is 2.57. The Labute approximate surface area is 104 Å². The first kappa shape index (κ1) is 14.2. The van der Waals surface area contributed by atoms with Gasteiger partial charge < -0.3 is 25.4 Å². The number of nitrogens with one attached hydrogen (secondary N) is 1. The van der Waals surface area contributed by atoms with Crippen molar-refractivity contribution in [1.29, 1.82) is 0 Å². The van der Waals surface area contributed by atoms with Crippen molar-refractivity contribution in [2.24, 2.45) is 5.73 Å². The summed E-state index contributed by atoms with van der Waals surface area (Å²) in [6.45, 7) is 2.23. The average molecular weight is 259 g/mol. The van der Waals surface area contributed by atoms with Crippen molar-refractivity contribution in [2.45, 2.75) is 19.1 Å². The summed E-state index contributed by atoms with van der Waals surface area (Å²) in [5.74, 6) is -0.839. The van der Waals surface area contributed by atoms with Gasteiger partial charge in [0, 0.05) is 6.54 Å². The van der Waals surface area contributed by atoms with Crippen LogP contribution < -0.4 is 11.1 Å². The maximum atomic E-state index is 11.9. The molecule has 0 aromatic carbocycles. The number of ether oxygens (including phenoxy) is 2. The number of rotatable bonds is 3. The van der Waals surface area contributed by atoms with Gasteiger partial charge in [-0.1, -0.05) is 0 Å². The number of morpholine rings is 1. The molecule has 102 valence electrons. The molecular weight excluding hydrogens is 242 g/mol. The zero-order valence-electron chi connectivity index (χ0n) is 10.3. The Bertz CT molecular complexity index is 346. The van der Waals surface area contributed by atoms with E-state index in [0.717, 1.165) is 0 Å². The molecule has 2 atom stereocenters. The number of methoxy groups -OCH3 is 1. The van der Waals surface area contributed by atoms with Crippen LogP contribution in [-0.2, 0) is 19.1 Å². The van der Waals surface area contributed by atoms with Crippen LogP contribution in [0.1, 0.15) is 6.92 Å². The second kappa shape index (κ2) is 6.20. The second-order valence-electron chi connectivity index (χ2n) is 3.90. The predicted molar refractivity (Wildman–Crippen MR) is 60.5 cm³/mol. The Balaban J connectivity index is 2.58. The van der Waals surface area contributed by atoms with Crippen LogP contribution in [0.3, 0.4) is 0 Å². The molecule has 0 radical (unpaired) electrons. The number of hydrogen-bond acceptors (Lipinski definition) is 5. The van der Waals surface area contributed by atoms with Crippen molar-refractivity contribution in [3.05, 3.63) is 0 Å². The molecule has 1 heterocycles. The quantitative estimate of drug-likeness (QED) is 0.596. The van der Waals surface area contributed by atoms with Crippen molar-refractivity contribution in [3.63, 3.8) is 0 Å². The maximum absolute atomic E-state index is 11.9. The number of primary amides is 1. The van der Waals surface area contributed by atoms with Gasteiger partial charge >= 0.3 is 12.0 Å². The average Bonchev–Trinajstić information content (AvgIpc) is 2.36. The number of carbonyl (C=O) groups excluding carboxylic acids is 3. The molecular formula is C10H17N3O5. The number of amides is 3. The highest BCUT2D eigenvalue weighted by atomic mass is 16.6. The van der Waals surface area contributed by atoms with Gasteiger partial charge in [0.1, 0.15) is 6.04 Å². The van der Waals surface area contributed by atoms with Gasteiger partial charge in [0.25, 0.3) is 0 Å². The minimum absolute atomic E-state index is 0.107. The van der Waals surface area contributed by atoms with E-state index in [-0.39, 0.29) is 19.1 Å². The molecule has 0 aromatic rings. The van der Waals surface area contributed by atoms with Gasteiger partial charge in [0.15, 0.2) is 6.10 Å². The van der Waals surface area contributed by atoms with Crippen molar-refractivity contribution < 1.29 is 23.9 Å². The monoisotopic (exact) mass is 259 g/mol. The lowest BCUT2D eigenvalue weighted by atomic mass is 10.2. The fourth-order valence-corrected chi connectivity index (χ4v) is 1.67. The fourth-order valence-electron chi connectivity index (χ4n) is 1.67. The third-order valence-electron chi connectivity index (χ3n) is 2.57. The van der Waals surface area contributed by atoms with Crippen LogP contribution in [0, 0.1) is 0 Å². The molecule has 0 spiro atoms. The van der Waals surface area contributed by atoms with Gasteiger partial charge in [-0.3, -0.25) is 4.79 Å². The highest BCUT2D eigenvalue weighted by Crippen LogP contribution is 2.08. The highest BCUT2D eigenvalue weighted by Gasteiger charge is 2.31. The van der Waals surface area contributed by atoms with Crippen LogP contribution in [0.2, 0.25) is 0 Å². The molecule has 1 aliphatic heterocycles. The van der Waals surface area contributed by atoms with Crippen LogP contribution in [-0.4, -0.2) is 61.8 Å². The van der Waals surface area contributed by atoms with E-state index < -0.39 is 24.1 Å². The van der Waals surface area contributed by atoms with Gasteiger partial charge in [-0.25, -0.2) is 9.59 Å². The molecule has 0 saturated carbocycles. The molecule has 8 nitrogen and oxygen atoms in total. The van der Waals surface area contributed by atoms with Gasteiger partial charge in [-0.15, -0.1) is 0 Å². The normalized spacial score (nSPS) is 21.0. The number of esters is 1. The smallest absolute Gasteiger partial charge is 0.336 e. The molecule has 1 rings (SSSR count). The molecule has 0 bridgehead atoms. The molecule has 8 heteroatoms. The van der Waals surface area contributed by atoms with E-state index in [2.05, 4.69) is 10.1 Å². The van der Waals surface area contributed by atoms with Crippen molar-refractivity contribution in [3.8, 4) is 0 Å². The zero-order chi connectivity index (χ0) is 13.7. The fraction of sp³-hybridized carbons (Fsp3) is 0.700. The number of nitrogens with zero attached hydrogens (tertiary/aromatic N) is 1. The summed E-state index contributed by atoms with van der Waals surface area (Å²) in [4.78, 5) is 35.3. The predicted octanol–water partition coefficient (Wildman–Crippen LogP) is -1.56. The highest BCUT2D eigenvalue weighted by molar-refractivity contribution is 5.87. The lowest BCUT2D eigenvalue weighted by Gasteiger charge is -2.33. The lowest BCUT2D eigenvalue weighted by molar-refractivity contribution is -0.162. The summed E-state index contributed by atoms with van der Waals surface area (Å²) in [5, 5.41) is 2.29. The third kappa shape index (κ3) is 3.59. The minimum Gasteiger partial charge on any atom is -0.467 e. The molecule has 3 N–H and O–H groups in total. The molecule has 3 amide bonds. The van der Waals surface area contributed by atoms with Gasteiger partial charge in [-0.2, -0.15) is 0 Å². The van der Waals surface area contributed by atoms with E-state index in [9.17, 15) is 14.4 Å². The van der Waals surface area contributed by atoms with Crippen LogP contribution in [0.5, 0.6) is 0 Å². The Hall–Kier alpha value is -1.83. The first-order chi connectivity index (χ1) is 8.45. The Kier molecular flexibility index (Phi) is 4.90. The summed E-state index contributed by atoms with van der Waals surface area (Å²) >= 11 is 0. The lowest BCUT2D eigenvalue weighted by Crippen LogP contribution is -2.54. The maximum Gasteiger partial charge on any atom is 0.336 e. The Morgan fingerprint density at radius 3 is 2.72 bits per heavy atom. The van der Waals surface area contributed by atoms with E-state index in [1.54, 1.807) is 0 Å². The van der Waals surface area contributed by atoms with E-state index in [4.69, 9.17) is 10.5 Å². The Morgan fingerprint density at radius 2 is 2.17 bits per heavy atom. The molecule has 1 aliphatic rings. The SMILES string of the molecule is COC(=O)C1CN(C(=O)C(C)NC(N)=O)CCO1. The van der Waals surface area contributed by atoms with Crippen molar-refractivity contribution in [2.75, 3.05) is 26.8 Å². The van der Waals surface area contributed by atoms with Crippen LogP contribution in [0.4, 0.5) is 4.79 Å². The molecule has 1 saturated heterocycles. The van der Waals surface area contributed by atoms with Crippen molar-refractivity contribution in [1.82, 2.24) is 10.2 Å². The molecule has 1 fully saturated rings. The summed E-state index contributed by atoms with van der Waals surface area (Å²) in [6.07, 6.45) is -0.784. The van der Waals surface area contributed by atoms with Gasteiger partial charge in [-0.05, 0) is 6.92 Å². The Morgan fingerprint density at radius 1 is 1.50 bits per heavy atom. The minimum atomic E-state index is -0.784. The molecule has 0 aliphatic carbocycles. The van der Waals surface area contributed by atoms with E-state index in [1.807, 2.05) is 0 Å². The number of urea groups is 1. The van der Waals surface area contributed by atoms with E-state index >= 15 is 0 Å². The molecule has 2 unspecified atom stereocenters. The van der Waals surface area contributed by atoms with Crippen molar-refractivity contribution >= 4 is 17.9 Å². The second-order valence-corrected chi connectivity index (χ2v) is 3.90. The first-order valence-electron chi connectivity index (χ1n) is 5.50. The number of nitrogens with two attached hydrogens (primary N) is 1. The summed E-state index contributed by atoms with van der Waals surface area (Å²) in [5.41, 5.74) is 4.94. The molecule has 0 aromatic heterocycles. The first-order valence-corrected chi connectivity index (χ1v) is 5.50. The summed E-state index contributed by atoms with van der Waals surface area (Å²) in [6, 6.07) is -1.51. The van der Waals surface area contributed by atoms with Crippen LogP contribution >= 0.6 is 0 Å². The van der Waals surface area contributed by atoms with Gasteiger partial charge in [0.2, 0.25) is 5.91 Å². The van der Waals surface area contributed by atoms with E-state index in [0.29, 0.717) is 6.54 Å². The van der Waals surface area contributed by atoms with E-state index in [1.165, 1.54) is 18.9 Å². The number of hydrogen-bond donors (Lipinski definition) is 2.